The van der Waals surface area contributed by atoms with Gasteiger partial charge in [0.15, 0.2) is 0 Å². The second kappa shape index (κ2) is 25.9. The number of nitrogens with one attached hydrogen (secondary N) is 4. The van der Waals surface area contributed by atoms with Gasteiger partial charge >= 0.3 is 12.3 Å². The summed E-state index contributed by atoms with van der Waals surface area (Å²) < 4.78 is 21.7. The number of hydrogen-bond acceptors (Lipinski definition) is 17. The molecule has 5 aliphatic carbocycles. The van der Waals surface area contributed by atoms with Crippen LogP contribution in [0.3, 0.4) is 0 Å². The van der Waals surface area contributed by atoms with Crippen LogP contribution in [0.5, 0.6) is 11.5 Å². The number of allylic oxidation sites excluding steroid dienone is 1. The first-order chi connectivity index (χ1) is 34.7. The van der Waals surface area contributed by atoms with Gasteiger partial charge in [-0.25, -0.2) is 9.59 Å². The molecule has 17 heteroatoms. The molecule has 0 spiro atoms. The summed E-state index contributed by atoms with van der Waals surface area (Å²) in [6.07, 6.45) is 14.5. The van der Waals surface area contributed by atoms with Gasteiger partial charge in [0.05, 0.1) is 28.9 Å². The van der Waals surface area contributed by atoms with Crippen molar-refractivity contribution in [1.82, 2.24) is 10.6 Å². The molecule has 3 saturated carbocycles. The van der Waals surface area contributed by atoms with E-state index in [0.717, 1.165) is 54.8 Å². The van der Waals surface area contributed by atoms with Gasteiger partial charge < -0.3 is 55.5 Å². The molecule has 0 radical (unpaired) electrons. The fourth-order valence-corrected chi connectivity index (χ4v) is 14.8. The van der Waals surface area contributed by atoms with E-state index in [0.29, 0.717) is 67.6 Å². The average molecular weight is 1040 g/mol. The maximum atomic E-state index is 13.8. The molecule has 398 valence electrons. The van der Waals surface area contributed by atoms with Crippen molar-refractivity contribution in [2.45, 2.75) is 111 Å². The molecule has 0 aromatic heterocycles. The molecule has 2 aromatic rings. The van der Waals surface area contributed by atoms with Crippen LogP contribution in [0.25, 0.3) is 0 Å². The number of phenolic OH excluding ortho intramolecular Hbond substituents is 2. The molecular formula is C55H80N4O11S2. The van der Waals surface area contributed by atoms with E-state index in [1.54, 1.807) is 12.1 Å². The molecule has 15 nitrogen and oxygen atoms in total. The largest absolute Gasteiger partial charge is 0.508 e. The highest BCUT2D eigenvalue weighted by Gasteiger charge is 2.59. The molecular weight excluding hydrogens is 957 g/mol. The summed E-state index contributed by atoms with van der Waals surface area (Å²) in [4.78, 5) is 52.4. The Hall–Kier alpha value is -4.16. The molecule has 7 N–H and O–H groups in total. The van der Waals surface area contributed by atoms with Crippen LogP contribution in [0.2, 0.25) is 0 Å². The Kier molecular flexibility index (Phi) is 20.0. The zero-order valence-corrected chi connectivity index (χ0v) is 44.7. The number of aliphatic hydroxyl groups excluding tert-OH is 1. The third-order valence-electron chi connectivity index (χ3n) is 16.7. The Balaban J connectivity index is 0.732. The second-order valence-electron chi connectivity index (χ2n) is 21.5. The Labute approximate surface area is 434 Å². The Morgan fingerprint density at radius 1 is 0.708 bits per heavy atom. The van der Waals surface area contributed by atoms with Gasteiger partial charge in [0.2, 0.25) is 11.6 Å². The standard InChI is InChI=1S/C55H80N4O11S2/c1-34(2)7-6-8-35(3)39-11-12-40-38-10-9-36-33-37(17-19-54(36,4)41(38)18-20-55(39,40)5)70-53(66)69-30-32-72-71-31-29-68-52(65)67-28-26-57-22-24-59-43-14-13-42(58-23-21-56-25-27-60)46-47(43)51(64)49-45(62)16-15-44(61)48(49)50(46)63/h9,13-16,34-35,37-41,56-62H,6-8,10-12,17-33H2,1-5H3/t35-,37+,38+,39?,40+,41+,54+,55-/m1/s1. The van der Waals surface area contributed by atoms with Crippen molar-refractivity contribution in [3.8, 4) is 11.5 Å². The molecule has 7 rings (SSSR count). The molecule has 0 aliphatic heterocycles. The van der Waals surface area contributed by atoms with Crippen LogP contribution in [0.4, 0.5) is 21.0 Å². The van der Waals surface area contributed by atoms with Crippen molar-refractivity contribution < 1.29 is 53.4 Å². The number of aliphatic hydroxyl groups is 1. The van der Waals surface area contributed by atoms with E-state index in [9.17, 15) is 29.4 Å². The molecule has 0 heterocycles. The summed E-state index contributed by atoms with van der Waals surface area (Å²) in [6, 6.07) is 5.71. The van der Waals surface area contributed by atoms with Crippen molar-refractivity contribution in [2.24, 2.45) is 46.3 Å². The number of phenols is 2. The van der Waals surface area contributed by atoms with Gasteiger partial charge in [-0.1, -0.05) is 87.1 Å². The number of fused-ring (bicyclic) bond motifs is 7. The van der Waals surface area contributed by atoms with Crippen molar-refractivity contribution >= 4 is 56.8 Å². The Morgan fingerprint density at radius 3 is 1.94 bits per heavy atom. The van der Waals surface area contributed by atoms with Gasteiger partial charge in [-0.15, -0.1) is 0 Å². The number of ketones is 2. The van der Waals surface area contributed by atoms with Gasteiger partial charge in [0.1, 0.15) is 37.4 Å². The summed E-state index contributed by atoms with van der Waals surface area (Å²) in [5, 5.41) is 42.6. The number of aromatic hydroxyl groups is 2. The first-order valence-corrected chi connectivity index (χ1v) is 29.0. The normalized spacial score (nSPS) is 25.5. The lowest BCUT2D eigenvalue weighted by Gasteiger charge is -2.58. The number of carbonyl (C=O) groups is 4. The third kappa shape index (κ3) is 13.0. The van der Waals surface area contributed by atoms with Crippen LogP contribution >= 0.6 is 21.6 Å². The maximum absolute atomic E-state index is 13.8. The molecule has 0 bridgehead atoms. The lowest BCUT2D eigenvalue weighted by atomic mass is 9.47. The molecule has 0 amide bonds. The van der Waals surface area contributed by atoms with Crippen LogP contribution in [-0.4, -0.2) is 123 Å². The van der Waals surface area contributed by atoms with E-state index in [-0.39, 0.29) is 60.2 Å². The zero-order valence-electron chi connectivity index (χ0n) is 43.1. The summed E-state index contributed by atoms with van der Waals surface area (Å²) in [6.45, 7) is 15.2. The zero-order chi connectivity index (χ0) is 51.4. The lowest BCUT2D eigenvalue weighted by molar-refractivity contribution is -0.0614. The highest BCUT2D eigenvalue weighted by atomic mass is 33.1. The van der Waals surface area contributed by atoms with Crippen molar-refractivity contribution in [1.29, 1.82) is 0 Å². The summed E-state index contributed by atoms with van der Waals surface area (Å²) in [7, 11) is 3.04. The average Bonchev–Trinajstić information content (AvgIpc) is 3.71. The van der Waals surface area contributed by atoms with E-state index in [2.05, 4.69) is 62.0 Å². The summed E-state index contributed by atoms with van der Waals surface area (Å²) >= 11 is 0. The highest BCUT2D eigenvalue weighted by Crippen LogP contribution is 2.67. The number of ether oxygens (including phenoxy) is 4. The topological polar surface area (TPSA) is 214 Å². The predicted octanol–water partition coefficient (Wildman–Crippen LogP) is 9.97. The van der Waals surface area contributed by atoms with E-state index in [4.69, 9.17) is 24.1 Å². The van der Waals surface area contributed by atoms with Crippen LogP contribution in [0.15, 0.2) is 35.9 Å². The Bertz CT molecular complexity index is 2240. The van der Waals surface area contributed by atoms with E-state index < -0.39 is 35.4 Å². The summed E-state index contributed by atoms with van der Waals surface area (Å²) in [5.41, 5.74) is 2.61. The van der Waals surface area contributed by atoms with Gasteiger partial charge in [-0.05, 0) is 116 Å². The lowest BCUT2D eigenvalue weighted by Crippen LogP contribution is -2.51. The van der Waals surface area contributed by atoms with Crippen LogP contribution in [0, 0.1) is 46.3 Å². The number of benzene rings is 2. The van der Waals surface area contributed by atoms with Gasteiger partial charge in [0.25, 0.3) is 0 Å². The monoisotopic (exact) mass is 1040 g/mol. The fraction of sp³-hybridized carbons (Fsp3) is 0.673. The minimum absolute atomic E-state index is 0.0183. The SMILES string of the molecule is CC(C)CCC[C@@H](C)C1CC[C@H]2[C@@H]3CC=C4C[C@@H](OC(=O)OCCSSCCOC(=O)OCCNCCNc5ccc(NCCNCCO)c6c5C(=O)c5c(O)ccc(O)c5C6=O)CC[C@]4(C)[C@H]3CC[C@]12C. The third-order valence-corrected chi connectivity index (χ3v) is 19.0. The smallest absolute Gasteiger partial charge is 0.507 e. The number of anilines is 2. The van der Waals surface area contributed by atoms with E-state index in [1.807, 2.05) is 0 Å². The highest BCUT2D eigenvalue weighted by molar-refractivity contribution is 8.76. The quantitative estimate of drug-likeness (QED) is 0.0131. The molecule has 3 fully saturated rings. The predicted molar refractivity (Wildman–Crippen MR) is 284 cm³/mol. The minimum Gasteiger partial charge on any atom is -0.507 e. The number of carbonyl (C=O) groups excluding carboxylic acids is 4. The van der Waals surface area contributed by atoms with Gasteiger partial charge in [-0.2, -0.15) is 0 Å². The molecule has 5 aliphatic rings. The van der Waals surface area contributed by atoms with E-state index >= 15 is 0 Å². The molecule has 72 heavy (non-hydrogen) atoms. The number of rotatable bonds is 26. The molecule has 0 saturated heterocycles. The van der Waals surface area contributed by atoms with Crippen LogP contribution in [-0.2, 0) is 18.9 Å². The van der Waals surface area contributed by atoms with Gasteiger partial charge in [-0.3, -0.25) is 9.59 Å². The van der Waals surface area contributed by atoms with Crippen molar-refractivity contribution in [2.75, 3.05) is 87.8 Å². The molecule has 8 atom stereocenters. The van der Waals surface area contributed by atoms with Gasteiger partial charge in [0, 0.05) is 68.6 Å². The fourth-order valence-electron chi connectivity index (χ4n) is 13.2. The maximum Gasteiger partial charge on any atom is 0.508 e. The molecule has 2 aromatic carbocycles. The second-order valence-corrected chi connectivity index (χ2v) is 24.2. The number of hydrogen-bond donors (Lipinski definition) is 7. The Morgan fingerprint density at radius 2 is 1.32 bits per heavy atom. The first-order valence-electron chi connectivity index (χ1n) is 26.6. The first kappa shape index (κ1) is 55.6. The van der Waals surface area contributed by atoms with Crippen LogP contribution in [0.1, 0.15) is 137 Å². The van der Waals surface area contributed by atoms with Crippen molar-refractivity contribution in [3.63, 3.8) is 0 Å². The molecule has 1 unspecified atom stereocenters. The van der Waals surface area contributed by atoms with Crippen molar-refractivity contribution in [3.05, 3.63) is 58.2 Å². The minimum atomic E-state index is -0.776. The van der Waals surface area contributed by atoms with E-state index in [1.165, 1.54) is 90.7 Å². The summed E-state index contributed by atoms with van der Waals surface area (Å²) in [5.74, 6) is 3.89. The van der Waals surface area contributed by atoms with Crippen LogP contribution < -0.4 is 21.3 Å².